The molecule has 0 aromatic heterocycles. The monoisotopic (exact) mass is 334 g/mol. The van der Waals surface area contributed by atoms with Gasteiger partial charge in [0.15, 0.2) is 5.17 Å². The van der Waals surface area contributed by atoms with Gasteiger partial charge in [-0.3, -0.25) is 9.59 Å². The van der Waals surface area contributed by atoms with E-state index in [0.717, 1.165) is 17.3 Å². The molecule has 0 saturated carbocycles. The Kier molecular flexibility index (Phi) is 5.81. The minimum absolute atomic E-state index is 0.263. The largest absolute Gasteiger partial charge is 0.494 e. The van der Waals surface area contributed by atoms with E-state index in [1.807, 2.05) is 26.0 Å². The Hall–Kier alpha value is -2.28. The highest BCUT2D eigenvalue weighted by molar-refractivity contribution is 8.18. The van der Waals surface area contributed by atoms with E-state index in [1.165, 1.54) is 6.92 Å². The number of ether oxygens (including phenoxy) is 2. The number of nitrogens with zero attached hydrogens (tertiary/aromatic N) is 1. The smallest absolute Gasteiger partial charge is 0.286 e. The molecule has 6 nitrogen and oxygen atoms in total. The highest BCUT2D eigenvalue weighted by atomic mass is 32.2. The lowest BCUT2D eigenvalue weighted by Gasteiger charge is -2.10. The maximum absolute atomic E-state index is 11.9. The van der Waals surface area contributed by atoms with Crippen LogP contribution in [-0.4, -0.2) is 30.2 Å². The lowest BCUT2D eigenvalue weighted by molar-refractivity contribution is -0.117. The van der Waals surface area contributed by atoms with Gasteiger partial charge in [0.05, 0.1) is 18.1 Å². The van der Waals surface area contributed by atoms with Gasteiger partial charge >= 0.3 is 0 Å². The van der Waals surface area contributed by atoms with Crippen molar-refractivity contribution >= 4 is 34.8 Å². The van der Waals surface area contributed by atoms with Crippen molar-refractivity contribution < 1.29 is 19.1 Å². The summed E-state index contributed by atoms with van der Waals surface area (Å²) >= 11 is 1.13. The molecule has 1 aromatic carbocycles. The van der Waals surface area contributed by atoms with Gasteiger partial charge in [0.2, 0.25) is 5.91 Å². The molecule has 0 aliphatic carbocycles. The third-order valence-electron chi connectivity index (χ3n) is 2.79. The van der Waals surface area contributed by atoms with E-state index < -0.39 is 0 Å². The van der Waals surface area contributed by atoms with E-state index in [0.29, 0.717) is 29.6 Å². The molecule has 0 saturated heterocycles. The van der Waals surface area contributed by atoms with Gasteiger partial charge in [-0.25, -0.2) is 0 Å². The lowest BCUT2D eigenvalue weighted by atomic mass is 10.1. The van der Waals surface area contributed by atoms with Crippen LogP contribution in [-0.2, 0) is 9.59 Å². The van der Waals surface area contributed by atoms with Crippen LogP contribution in [0.15, 0.2) is 28.1 Å². The summed E-state index contributed by atoms with van der Waals surface area (Å²) in [5.41, 5.74) is 0.755. The van der Waals surface area contributed by atoms with E-state index in [2.05, 4.69) is 10.3 Å². The molecule has 1 heterocycles. The van der Waals surface area contributed by atoms with Crippen molar-refractivity contribution in [1.82, 2.24) is 5.32 Å². The molecule has 0 fully saturated rings. The number of hydrogen-bond acceptors (Lipinski definition) is 5. The molecule has 2 rings (SSSR count). The zero-order valence-corrected chi connectivity index (χ0v) is 14.0. The average molecular weight is 334 g/mol. The fourth-order valence-corrected chi connectivity index (χ4v) is 2.78. The van der Waals surface area contributed by atoms with Gasteiger partial charge in [0, 0.05) is 18.6 Å². The van der Waals surface area contributed by atoms with E-state index in [9.17, 15) is 9.59 Å². The number of hydrogen-bond donors (Lipinski definition) is 1. The molecule has 0 atom stereocenters. The summed E-state index contributed by atoms with van der Waals surface area (Å²) in [7, 11) is 0. The van der Waals surface area contributed by atoms with Gasteiger partial charge in [-0.05, 0) is 43.8 Å². The Morgan fingerprint density at radius 1 is 1.30 bits per heavy atom. The van der Waals surface area contributed by atoms with Gasteiger partial charge in [0.1, 0.15) is 11.5 Å². The highest BCUT2D eigenvalue weighted by Crippen LogP contribution is 2.32. The van der Waals surface area contributed by atoms with Crippen LogP contribution in [0, 0.1) is 0 Å². The molecule has 122 valence electrons. The Bertz CT molecular complexity index is 683. The van der Waals surface area contributed by atoms with Crippen molar-refractivity contribution in [2.45, 2.75) is 20.8 Å². The van der Waals surface area contributed by atoms with Crippen molar-refractivity contribution in [3.8, 4) is 11.5 Å². The zero-order valence-electron chi connectivity index (χ0n) is 13.2. The van der Waals surface area contributed by atoms with E-state index in [1.54, 1.807) is 12.1 Å². The Labute approximate surface area is 139 Å². The third-order valence-corrected chi connectivity index (χ3v) is 3.69. The quantitative estimate of drug-likeness (QED) is 0.838. The number of amides is 2. The topological polar surface area (TPSA) is 77.0 Å². The Morgan fingerprint density at radius 3 is 2.70 bits per heavy atom. The van der Waals surface area contributed by atoms with Crippen molar-refractivity contribution in [1.29, 1.82) is 0 Å². The van der Waals surface area contributed by atoms with Crippen LogP contribution in [0.3, 0.4) is 0 Å². The molecule has 0 spiro atoms. The first-order chi connectivity index (χ1) is 11.0. The first kappa shape index (κ1) is 17.1. The highest BCUT2D eigenvalue weighted by Gasteiger charge is 2.23. The maximum Gasteiger partial charge on any atom is 0.286 e. The SMILES string of the molecule is CCOc1ccc(C=C2SC(NC(C)=O)=NC2=O)c(OCC)c1. The predicted molar refractivity (Wildman–Crippen MR) is 90.6 cm³/mol. The van der Waals surface area contributed by atoms with Crippen molar-refractivity contribution in [2.24, 2.45) is 4.99 Å². The van der Waals surface area contributed by atoms with Crippen molar-refractivity contribution in [3.63, 3.8) is 0 Å². The second-order valence-corrected chi connectivity index (χ2v) is 5.61. The molecular weight excluding hydrogens is 316 g/mol. The molecule has 23 heavy (non-hydrogen) atoms. The van der Waals surface area contributed by atoms with Crippen LogP contribution in [0.5, 0.6) is 11.5 Å². The van der Waals surface area contributed by atoms with Gasteiger partial charge in [0.25, 0.3) is 5.91 Å². The molecule has 7 heteroatoms. The lowest BCUT2D eigenvalue weighted by Crippen LogP contribution is -2.23. The zero-order chi connectivity index (χ0) is 16.8. The Balaban J connectivity index is 2.25. The van der Waals surface area contributed by atoms with Gasteiger partial charge in [-0.2, -0.15) is 4.99 Å². The second kappa shape index (κ2) is 7.82. The summed E-state index contributed by atoms with van der Waals surface area (Å²) in [5.74, 6) is 0.697. The van der Waals surface area contributed by atoms with E-state index >= 15 is 0 Å². The van der Waals surface area contributed by atoms with Crippen LogP contribution >= 0.6 is 11.8 Å². The second-order valence-electron chi connectivity index (χ2n) is 4.58. The number of carbonyl (C=O) groups is 2. The number of carbonyl (C=O) groups excluding carboxylic acids is 2. The normalized spacial score (nSPS) is 15.5. The number of aliphatic imine (C=N–C) groups is 1. The summed E-state index contributed by atoms with van der Waals surface area (Å²) in [4.78, 5) is 27.2. The first-order valence-electron chi connectivity index (χ1n) is 7.23. The molecule has 1 aliphatic rings. The number of thioether (sulfide) groups is 1. The number of nitrogens with one attached hydrogen (secondary N) is 1. The summed E-state index contributed by atoms with van der Waals surface area (Å²) < 4.78 is 11.1. The molecule has 1 aliphatic heterocycles. The number of rotatable bonds is 5. The predicted octanol–water partition coefficient (Wildman–Crippen LogP) is 2.59. The molecule has 0 unspecified atom stereocenters. The fourth-order valence-electron chi connectivity index (χ4n) is 1.93. The minimum Gasteiger partial charge on any atom is -0.494 e. The summed E-state index contributed by atoms with van der Waals surface area (Å²) in [5, 5.41) is 2.80. The Morgan fingerprint density at radius 2 is 2.04 bits per heavy atom. The molecule has 0 bridgehead atoms. The van der Waals surface area contributed by atoms with Crippen LogP contribution in [0.25, 0.3) is 6.08 Å². The van der Waals surface area contributed by atoms with E-state index in [-0.39, 0.29) is 17.0 Å². The first-order valence-corrected chi connectivity index (χ1v) is 8.05. The maximum atomic E-state index is 11.9. The standard InChI is InChI=1S/C16H18N2O4S/c1-4-21-12-7-6-11(13(9-12)22-5-2)8-14-15(20)18-16(23-14)17-10(3)19/h6-9H,4-5H2,1-3H3,(H,17,18,19,20). The summed E-state index contributed by atoms with van der Waals surface area (Å²) in [6.45, 7) is 6.23. The van der Waals surface area contributed by atoms with Crippen LogP contribution < -0.4 is 14.8 Å². The van der Waals surface area contributed by atoms with Crippen LogP contribution in [0.2, 0.25) is 0 Å². The fraction of sp³-hybridized carbons (Fsp3) is 0.312. The van der Waals surface area contributed by atoms with Gasteiger partial charge in [-0.1, -0.05) is 0 Å². The molecule has 2 amide bonds. The van der Waals surface area contributed by atoms with Gasteiger partial charge in [-0.15, -0.1) is 0 Å². The summed E-state index contributed by atoms with van der Waals surface area (Å²) in [6, 6.07) is 5.43. The van der Waals surface area contributed by atoms with Gasteiger partial charge < -0.3 is 14.8 Å². The summed E-state index contributed by atoms with van der Waals surface area (Å²) in [6.07, 6.45) is 1.70. The third kappa shape index (κ3) is 4.59. The van der Waals surface area contributed by atoms with Crippen LogP contribution in [0.4, 0.5) is 0 Å². The molecule has 0 radical (unpaired) electrons. The average Bonchev–Trinajstić information content (AvgIpc) is 2.81. The van der Waals surface area contributed by atoms with E-state index in [4.69, 9.17) is 9.47 Å². The number of amidine groups is 1. The van der Waals surface area contributed by atoms with Crippen molar-refractivity contribution in [3.05, 3.63) is 28.7 Å². The molecular formula is C16H18N2O4S. The van der Waals surface area contributed by atoms with Crippen LogP contribution in [0.1, 0.15) is 26.3 Å². The molecule has 1 aromatic rings. The minimum atomic E-state index is -0.380. The number of benzene rings is 1. The molecule has 1 N–H and O–H groups in total. The van der Waals surface area contributed by atoms with Crippen molar-refractivity contribution in [2.75, 3.05) is 13.2 Å².